The molecule has 0 unspecified atom stereocenters. The van der Waals surface area contributed by atoms with Crippen molar-refractivity contribution < 1.29 is 4.39 Å². The molecular weight excluding hydrogens is 318 g/mol. The normalized spacial score (nSPS) is 11.4. The Morgan fingerprint density at radius 2 is 2.15 bits per heavy atom. The van der Waals surface area contributed by atoms with Crippen LogP contribution in [-0.2, 0) is 12.4 Å². The SMILES string of the molecule is Cc1ccc(Cn2c(CCl)nc3cc(F)c(Cl)cc32)s1. The van der Waals surface area contributed by atoms with Crippen molar-refractivity contribution in [2.24, 2.45) is 0 Å². The molecule has 0 saturated heterocycles. The van der Waals surface area contributed by atoms with Crippen LogP contribution in [0.2, 0.25) is 5.02 Å². The summed E-state index contributed by atoms with van der Waals surface area (Å²) in [4.78, 5) is 6.83. The third-order valence-corrected chi connectivity index (χ3v) is 4.61. The predicted octanol–water partition coefficient (Wildman–Crippen LogP) is 4.99. The van der Waals surface area contributed by atoms with Crippen molar-refractivity contribution in [1.82, 2.24) is 9.55 Å². The van der Waals surface area contributed by atoms with Gasteiger partial charge in [-0.15, -0.1) is 22.9 Å². The van der Waals surface area contributed by atoms with E-state index in [-0.39, 0.29) is 10.9 Å². The lowest BCUT2D eigenvalue weighted by atomic mass is 10.3. The summed E-state index contributed by atoms with van der Waals surface area (Å²) in [6.45, 7) is 2.73. The van der Waals surface area contributed by atoms with Crippen LogP contribution in [0, 0.1) is 12.7 Å². The van der Waals surface area contributed by atoms with E-state index in [0.717, 1.165) is 11.3 Å². The number of hydrogen-bond donors (Lipinski definition) is 0. The second kappa shape index (κ2) is 5.35. The summed E-state index contributed by atoms with van der Waals surface area (Å²) < 4.78 is 15.5. The maximum absolute atomic E-state index is 13.5. The van der Waals surface area contributed by atoms with E-state index in [2.05, 4.69) is 24.0 Å². The molecule has 2 aromatic heterocycles. The second-order valence-electron chi connectivity index (χ2n) is 4.52. The molecule has 0 fully saturated rings. The summed E-state index contributed by atoms with van der Waals surface area (Å²) in [6.07, 6.45) is 0. The standard InChI is InChI=1S/C14H11Cl2FN2S/c1-8-2-3-9(20-8)7-19-13-4-10(16)11(17)5-12(13)18-14(19)6-15/h2-5H,6-7H2,1H3. The lowest BCUT2D eigenvalue weighted by Gasteiger charge is -2.06. The highest BCUT2D eigenvalue weighted by atomic mass is 35.5. The number of aromatic nitrogens is 2. The maximum atomic E-state index is 13.5. The Bertz CT molecular complexity index is 779. The van der Waals surface area contributed by atoms with Gasteiger partial charge in [-0.05, 0) is 25.1 Å². The number of alkyl halides is 1. The Kier molecular flexibility index (Phi) is 3.71. The van der Waals surface area contributed by atoms with Crippen molar-refractivity contribution in [1.29, 1.82) is 0 Å². The van der Waals surface area contributed by atoms with Crippen LogP contribution in [0.3, 0.4) is 0 Å². The number of halogens is 3. The minimum atomic E-state index is -0.461. The monoisotopic (exact) mass is 328 g/mol. The Morgan fingerprint density at radius 1 is 1.35 bits per heavy atom. The largest absolute Gasteiger partial charge is 0.322 e. The summed E-state index contributed by atoms with van der Waals surface area (Å²) in [5.41, 5.74) is 1.38. The fourth-order valence-electron chi connectivity index (χ4n) is 2.17. The minimum Gasteiger partial charge on any atom is -0.322 e. The van der Waals surface area contributed by atoms with Crippen molar-refractivity contribution in [2.75, 3.05) is 0 Å². The lowest BCUT2D eigenvalue weighted by molar-refractivity contribution is 0.629. The molecule has 3 rings (SSSR count). The van der Waals surface area contributed by atoms with Gasteiger partial charge in [0.1, 0.15) is 11.6 Å². The van der Waals surface area contributed by atoms with Crippen LogP contribution in [-0.4, -0.2) is 9.55 Å². The molecule has 0 amide bonds. The molecule has 3 aromatic rings. The van der Waals surface area contributed by atoms with Crippen LogP contribution >= 0.6 is 34.5 Å². The molecule has 0 atom stereocenters. The highest BCUT2D eigenvalue weighted by Crippen LogP contribution is 2.26. The Hall–Kier alpha value is -1.10. The molecule has 0 aliphatic heterocycles. The highest BCUT2D eigenvalue weighted by Gasteiger charge is 2.14. The van der Waals surface area contributed by atoms with E-state index < -0.39 is 5.82 Å². The van der Waals surface area contributed by atoms with Crippen LogP contribution in [0.1, 0.15) is 15.6 Å². The average Bonchev–Trinajstić information content (AvgIpc) is 2.96. The van der Waals surface area contributed by atoms with Gasteiger partial charge in [-0.3, -0.25) is 0 Å². The molecule has 0 bridgehead atoms. The van der Waals surface area contributed by atoms with Gasteiger partial charge in [-0.1, -0.05) is 11.6 Å². The van der Waals surface area contributed by atoms with Crippen molar-refractivity contribution >= 4 is 45.6 Å². The molecule has 20 heavy (non-hydrogen) atoms. The molecule has 104 valence electrons. The van der Waals surface area contributed by atoms with Crippen molar-refractivity contribution in [2.45, 2.75) is 19.3 Å². The molecule has 2 heterocycles. The first-order valence-electron chi connectivity index (χ1n) is 6.04. The zero-order valence-corrected chi connectivity index (χ0v) is 13.0. The van der Waals surface area contributed by atoms with Gasteiger partial charge in [0.15, 0.2) is 0 Å². The Morgan fingerprint density at radius 3 is 2.80 bits per heavy atom. The van der Waals surface area contributed by atoms with Gasteiger partial charge < -0.3 is 4.57 Å². The van der Waals surface area contributed by atoms with Gasteiger partial charge in [0.2, 0.25) is 0 Å². The molecule has 0 aliphatic carbocycles. The van der Waals surface area contributed by atoms with E-state index in [0.29, 0.717) is 12.1 Å². The highest BCUT2D eigenvalue weighted by molar-refractivity contribution is 7.11. The van der Waals surface area contributed by atoms with Crippen LogP contribution in [0.25, 0.3) is 11.0 Å². The van der Waals surface area contributed by atoms with E-state index in [1.54, 1.807) is 17.4 Å². The fraction of sp³-hybridized carbons (Fsp3) is 0.214. The van der Waals surface area contributed by atoms with Crippen molar-refractivity contribution in [3.05, 3.63) is 50.7 Å². The van der Waals surface area contributed by atoms with Gasteiger partial charge in [-0.2, -0.15) is 0 Å². The smallest absolute Gasteiger partial charge is 0.144 e. The number of nitrogens with zero attached hydrogens (tertiary/aromatic N) is 2. The molecule has 2 nitrogen and oxygen atoms in total. The van der Waals surface area contributed by atoms with Crippen LogP contribution in [0.15, 0.2) is 24.3 Å². The molecule has 0 spiro atoms. The molecule has 0 aliphatic rings. The molecule has 1 aromatic carbocycles. The predicted molar refractivity (Wildman–Crippen MR) is 82.4 cm³/mol. The van der Waals surface area contributed by atoms with E-state index >= 15 is 0 Å². The third kappa shape index (κ3) is 2.43. The molecule has 6 heteroatoms. The number of fused-ring (bicyclic) bond motifs is 1. The maximum Gasteiger partial charge on any atom is 0.144 e. The van der Waals surface area contributed by atoms with Crippen LogP contribution in [0.5, 0.6) is 0 Å². The number of rotatable bonds is 3. The first-order valence-corrected chi connectivity index (χ1v) is 7.77. The van der Waals surface area contributed by atoms with Crippen molar-refractivity contribution in [3.63, 3.8) is 0 Å². The number of hydrogen-bond acceptors (Lipinski definition) is 2. The summed E-state index contributed by atoms with van der Waals surface area (Å²) >= 11 is 13.5. The van der Waals surface area contributed by atoms with Gasteiger partial charge in [0.25, 0.3) is 0 Å². The molecule has 0 saturated carbocycles. The first-order chi connectivity index (χ1) is 9.58. The molecular formula is C14H11Cl2FN2S. The van der Waals surface area contributed by atoms with E-state index in [9.17, 15) is 4.39 Å². The van der Waals surface area contributed by atoms with Crippen LogP contribution < -0.4 is 0 Å². The zero-order chi connectivity index (χ0) is 14.3. The zero-order valence-electron chi connectivity index (χ0n) is 10.7. The summed E-state index contributed by atoms with van der Waals surface area (Å²) in [5.74, 6) is 0.532. The number of aryl methyl sites for hydroxylation is 1. The number of benzene rings is 1. The van der Waals surface area contributed by atoms with Gasteiger partial charge in [0, 0.05) is 15.8 Å². The molecule has 0 radical (unpaired) electrons. The van der Waals surface area contributed by atoms with Gasteiger partial charge in [0.05, 0.1) is 28.5 Å². The van der Waals surface area contributed by atoms with Crippen molar-refractivity contribution in [3.8, 4) is 0 Å². The van der Waals surface area contributed by atoms with E-state index in [1.807, 2.05) is 4.57 Å². The number of imidazole rings is 1. The molecule has 0 N–H and O–H groups in total. The topological polar surface area (TPSA) is 17.8 Å². The van der Waals surface area contributed by atoms with Gasteiger partial charge in [-0.25, -0.2) is 9.37 Å². The summed E-state index contributed by atoms with van der Waals surface area (Å²) in [5, 5.41) is 0.0992. The fourth-order valence-corrected chi connectivity index (χ4v) is 3.42. The van der Waals surface area contributed by atoms with Crippen LogP contribution in [0.4, 0.5) is 4.39 Å². The minimum absolute atomic E-state index is 0.0992. The van der Waals surface area contributed by atoms with E-state index in [4.69, 9.17) is 23.2 Å². The van der Waals surface area contributed by atoms with Gasteiger partial charge >= 0.3 is 0 Å². The summed E-state index contributed by atoms with van der Waals surface area (Å²) in [6, 6.07) is 7.11. The Balaban J connectivity index is 2.14. The average molecular weight is 329 g/mol. The second-order valence-corrected chi connectivity index (χ2v) is 6.56. The third-order valence-electron chi connectivity index (χ3n) is 3.10. The lowest BCUT2D eigenvalue weighted by Crippen LogP contribution is -2.02. The summed E-state index contributed by atoms with van der Waals surface area (Å²) in [7, 11) is 0. The first kappa shape index (κ1) is 13.9. The van der Waals surface area contributed by atoms with E-state index in [1.165, 1.54) is 15.8 Å². The Labute approximate surface area is 129 Å². The number of thiophene rings is 1. The quantitative estimate of drug-likeness (QED) is 0.619.